The normalized spacial score (nSPS) is 14.6. The van der Waals surface area contributed by atoms with Gasteiger partial charge in [-0.3, -0.25) is 9.78 Å². The molecule has 2 heterocycles. The minimum absolute atomic E-state index is 0.0552. The van der Waals surface area contributed by atoms with E-state index < -0.39 is 26.0 Å². The average molecular weight is 678 g/mol. The number of methoxy groups -OCH3 is 1. The molecular weight excluding hydrogens is 643 g/mol. The van der Waals surface area contributed by atoms with Gasteiger partial charge >= 0.3 is 0 Å². The molecule has 47 heavy (non-hydrogen) atoms. The maximum Gasteiger partial charge on any atom is 0.271 e. The second-order valence-electron chi connectivity index (χ2n) is 10.7. The molecular formula is C33H35N5O7S2. The Bertz CT molecular complexity index is 1910. The number of carbonyl (C=O) groups excluding carboxylic acids is 1. The number of sulfonamides is 2. The highest BCUT2D eigenvalue weighted by Gasteiger charge is 2.27. The number of ether oxygens (including phenoxy) is 2. The van der Waals surface area contributed by atoms with Crippen LogP contribution in [0.2, 0.25) is 0 Å². The minimum Gasteiger partial charge on any atom is -0.497 e. The molecule has 1 amide bonds. The number of nitrogens with one attached hydrogen (secondary N) is 1. The fourth-order valence-corrected chi connectivity index (χ4v) is 7.68. The van der Waals surface area contributed by atoms with Crippen LogP contribution in [0.3, 0.4) is 0 Å². The van der Waals surface area contributed by atoms with Crippen molar-refractivity contribution in [3.63, 3.8) is 0 Å². The standard InChI is InChI=1S/C33H35N5O7S2/c1-25(28-9-13-31(14-10-28)46(40,41)37-18-20-45-21-19-37)35-36-33(39)29-7-5-26(6-8-29)23-38(24-27-4-3-17-34-22-27)47(42,43)32-15-11-30(44-2)12-16-32/h3-17,22H,18-21,23-24H2,1-2H3,(H,36,39)/b35-25-. The van der Waals surface area contributed by atoms with Crippen LogP contribution in [0.4, 0.5) is 0 Å². The van der Waals surface area contributed by atoms with Crippen molar-refractivity contribution >= 4 is 31.7 Å². The van der Waals surface area contributed by atoms with E-state index in [9.17, 15) is 21.6 Å². The molecule has 0 spiro atoms. The number of aromatic nitrogens is 1. The van der Waals surface area contributed by atoms with E-state index >= 15 is 0 Å². The second-order valence-corrected chi connectivity index (χ2v) is 14.6. The molecule has 0 atom stereocenters. The summed E-state index contributed by atoms with van der Waals surface area (Å²) in [7, 11) is -6.00. The van der Waals surface area contributed by atoms with E-state index in [1.165, 1.54) is 40.0 Å². The van der Waals surface area contributed by atoms with Gasteiger partial charge in [0.05, 0.1) is 35.8 Å². The third-order valence-electron chi connectivity index (χ3n) is 7.56. The molecule has 14 heteroatoms. The maximum atomic E-state index is 13.7. The number of nitrogens with zero attached hydrogens (tertiary/aromatic N) is 4. The van der Waals surface area contributed by atoms with Gasteiger partial charge in [-0.1, -0.05) is 30.3 Å². The van der Waals surface area contributed by atoms with Gasteiger partial charge in [0, 0.05) is 44.1 Å². The first-order chi connectivity index (χ1) is 22.6. The molecule has 246 valence electrons. The van der Waals surface area contributed by atoms with Gasteiger partial charge in [0.25, 0.3) is 5.91 Å². The first kappa shape index (κ1) is 33.9. The van der Waals surface area contributed by atoms with Crippen molar-refractivity contribution < 1.29 is 31.1 Å². The Hall–Kier alpha value is -4.47. The largest absolute Gasteiger partial charge is 0.497 e. The van der Waals surface area contributed by atoms with E-state index in [1.807, 2.05) is 0 Å². The number of benzene rings is 3. The van der Waals surface area contributed by atoms with Gasteiger partial charge in [0.2, 0.25) is 20.0 Å². The second kappa shape index (κ2) is 15.0. The monoisotopic (exact) mass is 677 g/mol. The fraction of sp³-hybridized carbons (Fsp3) is 0.242. The summed E-state index contributed by atoms with van der Waals surface area (Å²) in [6, 6.07) is 22.7. The molecule has 1 N–H and O–H groups in total. The van der Waals surface area contributed by atoms with Crippen molar-refractivity contribution in [2.45, 2.75) is 29.8 Å². The Morgan fingerprint density at radius 1 is 0.872 bits per heavy atom. The van der Waals surface area contributed by atoms with Gasteiger partial charge in [-0.2, -0.15) is 13.7 Å². The smallest absolute Gasteiger partial charge is 0.271 e. The van der Waals surface area contributed by atoms with E-state index in [1.54, 1.807) is 80.0 Å². The van der Waals surface area contributed by atoms with Crippen LogP contribution in [0.1, 0.15) is 34.0 Å². The molecule has 5 rings (SSSR count). The van der Waals surface area contributed by atoms with E-state index in [0.717, 1.165) is 5.56 Å². The predicted molar refractivity (Wildman–Crippen MR) is 176 cm³/mol. The number of rotatable bonds is 12. The third kappa shape index (κ3) is 8.28. The van der Waals surface area contributed by atoms with E-state index in [-0.39, 0.29) is 22.9 Å². The summed E-state index contributed by atoms with van der Waals surface area (Å²) in [5.74, 6) is 0.0875. The van der Waals surface area contributed by atoms with Gasteiger partial charge in [0.1, 0.15) is 5.75 Å². The zero-order valence-corrected chi connectivity index (χ0v) is 27.6. The van der Waals surface area contributed by atoms with Gasteiger partial charge in [-0.25, -0.2) is 22.3 Å². The number of hydrogen-bond donors (Lipinski definition) is 1. The van der Waals surface area contributed by atoms with Crippen molar-refractivity contribution in [3.05, 3.63) is 120 Å². The molecule has 1 fully saturated rings. The SMILES string of the molecule is COc1ccc(S(=O)(=O)N(Cc2ccc(C(=O)N/N=C(/C)c3ccc(S(=O)(=O)N4CCOCC4)cc3)cc2)Cc2cccnc2)cc1. The lowest BCUT2D eigenvalue weighted by Gasteiger charge is -2.26. The summed E-state index contributed by atoms with van der Waals surface area (Å²) in [5, 5.41) is 4.19. The lowest BCUT2D eigenvalue weighted by atomic mass is 10.1. The summed E-state index contributed by atoms with van der Waals surface area (Å²) in [5.41, 5.74) is 5.39. The Balaban J connectivity index is 1.26. The van der Waals surface area contributed by atoms with Crippen LogP contribution in [0.25, 0.3) is 0 Å². The number of morpholine rings is 1. The van der Waals surface area contributed by atoms with Crippen molar-refractivity contribution in [2.75, 3.05) is 33.4 Å². The molecule has 12 nitrogen and oxygen atoms in total. The first-order valence-electron chi connectivity index (χ1n) is 14.7. The third-order valence-corrected chi connectivity index (χ3v) is 11.3. The number of amides is 1. The summed E-state index contributed by atoms with van der Waals surface area (Å²) in [6.45, 7) is 3.20. The van der Waals surface area contributed by atoms with Crippen LogP contribution in [-0.2, 0) is 37.9 Å². The molecule has 1 saturated heterocycles. The molecule has 0 aliphatic carbocycles. The Kier molecular flexibility index (Phi) is 10.8. The zero-order chi connectivity index (χ0) is 33.4. The molecule has 0 unspecified atom stereocenters. The van der Waals surface area contributed by atoms with Crippen LogP contribution in [0.5, 0.6) is 5.75 Å². The number of hydrogen-bond acceptors (Lipinski definition) is 9. The molecule has 0 saturated carbocycles. The topological polar surface area (TPSA) is 148 Å². The zero-order valence-electron chi connectivity index (χ0n) is 25.9. The highest BCUT2D eigenvalue weighted by Crippen LogP contribution is 2.24. The number of hydrazone groups is 1. The van der Waals surface area contributed by atoms with Gasteiger partial charge in [-0.05, 0) is 78.2 Å². The summed E-state index contributed by atoms with van der Waals surface area (Å²) < 4.78 is 66.3. The molecule has 0 bridgehead atoms. The number of pyridine rings is 1. The van der Waals surface area contributed by atoms with Crippen molar-refractivity contribution in [3.8, 4) is 5.75 Å². The predicted octanol–water partition coefficient (Wildman–Crippen LogP) is 3.66. The van der Waals surface area contributed by atoms with Crippen LogP contribution < -0.4 is 10.2 Å². The quantitative estimate of drug-likeness (QED) is 0.177. The Labute approximate surface area is 274 Å². The highest BCUT2D eigenvalue weighted by molar-refractivity contribution is 7.89. The molecule has 3 aromatic carbocycles. The van der Waals surface area contributed by atoms with Crippen molar-refractivity contribution in [2.24, 2.45) is 5.10 Å². The van der Waals surface area contributed by atoms with Gasteiger partial charge in [0.15, 0.2) is 0 Å². The lowest BCUT2D eigenvalue weighted by Crippen LogP contribution is -2.40. The Morgan fingerprint density at radius 2 is 1.49 bits per heavy atom. The first-order valence-corrected chi connectivity index (χ1v) is 17.6. The van der Waals surface area contributed by atoms with Crippen LogP contribution >= 0.6 is 0 Å². The molecule has 0 radical (unpaired) electrons. The maximum absolute atomic E-state index is 13.7. The molecule has 1 aromatic heterocycles. The van der Waals surface area contributed by atoms with Crippen molar-refractivity contribution in [1.82, 2.24) is 19.0 Å². The number of carbonyl (C=O) groups is 1. The summed E-state index contributed by atoms with van der Waals surface area (Å²) in [4.78, 5) is 17.3. The fourth-order valence-electron chi connectivity index (χ4n) is 4.85. The summed E-state index contributed by atoms with van der Waals surface area (Å²) in [6.07, 6.45) is 3.24. The molecule has 4 aromatic rings. The van der Waals surface area contributed by atoms with E-state index in [0.29, 0.717) is 54.5 Å². The lowest BCUT2D eigenvalue weighted by molar-refractivity contribution is 0.0730. The van der Waals surface area contributed by atoms with Gasteiger partial charge in [-0.15, -0.1) is 0 Å². The van der Waals surface area contributed by atoms with E-state index in [4.69, 9.17) is 9.47 Å². The average Bonchev–Trinajstić information content (AvgIpc) is 3.11. The summed E-state index contributed by atoms with van der Waals surface area (Å²) >= 11 is 0. The molecule has 1 aliphatic heterocycles. The van der Waals surface area contributed by atoms with E-state index in [2.05, 4.69) is 15.5 Å². The minimum atomic E-state index is -3.90. The van der Waals surface area contributed by atoms with Crippen molar-refractivity contribution in [1.29, 1.82) is 0 Å². The van der Waals surface area contributed by atoms with Crippen LogP contribution in [0.15, 0.2) is 112 Å². The molecule has 1 aliphatic rings. The van der Waals surface area contributed by atoms with Gasteiger partial charge < -0.3 is 9.47 Å². The van der Waals surface area contributed by atoms with Crippen LogP contribution in [-0.4, -0.2) is 75.5 Å². The van der Waals surface area contributed by atoms with Crippen LogP contribution in [0, 0.1) is 0 Å². The highest BCUT2D eigenvalue weighted by atomic mass is 32.2. The Morgan fingerprint density at radius 3 is 2.11 bits per heavy atom.